The minimum atomic E-state index is -1.31. The molecule has 1 fully saturated rings. The van der Waals surface area contributed by atoms with Gasteiger partial charge < -0.3 is 30.8 Å². The summed E-state index contributed by atoms with van der Waals surface area (Å²) >= 11 is 5.05. The quantitative estimate of drug-likeness (QED) is 0.408. The normalized spacial score (nSPS) is 30.8. The Morgan fingerprint density at radius 1 is 1.40 bits per heavy atom. The lowest BCUT2D eigenvalue weighted by molar-refractivity contribution is -0.210. The van der Waals surface area contributed by atoms with Crippen molar-refractivity contribution >= 4 is 29.3 Å². The van der Waals surface area contributed by atoms with Crippen LogP contribution < -0.4 is 5.73 Å². The number of imidazole rings is 1. The number of anilines is 1. The first-order chi connectivity index (χ1) is 9.49. The number of aliphatic hydroxyl groups is 3. The Kier molecular flexibility index (Phi) is 3.18. The fraction of sp³-hybridized carbons (Fsp3) is 0.500. The molecule has 0 aromatic carbocycles. The van der Waals surface area contributed by atoms with E-state index in [1.807, 2.05) is 0 Å². The van der Waals surface area contributed by atoms with Gasteiger partial charge in [-0.15, -0.1) is 0 Å². The van der Waals surface area contributed by atoms with E-state index in [0.29, 0.717) is 11.2 Å². The number of H-pyrrole nitrogens is 1. The molecule has 0 amide bonds. The number of nitrogens with one attached hydrogen (secondary N) is 1. The van der Waals surface area contributed by atoms with Crippen molar-refractivity contribution in [3.05, 3.63) is 11.0 Å². The molecule has 9 nitrogen and oxygen atoms in total. The fourth-order valence-corrected chi connectivity index (χ4v) is 2.43. The molecule has 1 aliphatic heterocycles. The van der Waals surface area contributed by atoms with Crippen molar-refractivity contribution in [2.75, 3.05) is 12.3 Å². The minimum absolute atomic E-state index is 0.107. The van der Waals surface area contributed by atoms with E-state index in [0.717, 1.165) is 0 Å². The zero-order valence-corrected chi connectivity index (χ0v) is 11.0. The summed E-state index contributed by atoms with van der Waals surface area (Å²) in [7, 11) is 0. The van der Waals surface area contributed by atoms with E-state index in [1.165, 1.54) is 10.9 Å². The number of hydrogen-bond acceptors (Lipinski definition) is 8. The maximum Gasteiger partial charge on any atom is 0.200 e. The highest BCUT2D eigenvalue weighted by molar-refractivity contribution is 7.71. The highest BCUT2D eigenvalue weighted by atomic mass is 32.1. The number of nitrogens with zero attached hydrogens (tertiary/aromatic N) is 3. The van der Waals surface area contributed by atoms with E-state index in [2.05, 4.69) is 15.0 Å². The number of fused-ring (bicyclic) bond motifs is 1. The first-order valence-electron chi connectivity index (χ1n) is 5.87. The second kappa shape index (κ2) is 4.75. The van der Waals surface area contributed by atoms with Crippen LogP contribution in [0.3, 0.4) is 0 Å². The number of rotatable bonds is 1. The molecule has 1 saturated heterocycles. The second-order valence-corrected chi connectivity index (χ2v) is 4.94. The topological polar surface area (TPSA) is 142 Å². The van der Waals surface area contributed by atoms with Crippen molar-refractivity contribution in [3.63, 3.8) is 0 Å². The molecular weight excluding hydrogens is 286 g/mol. The van der Waals surface area contributed by atoms with Gasteiger partial charge in [-0.05, 0) is 0 Å². The largest absolute Gasteiger partial charge is 0.388 e. The Hall–Kier alpha value is -1.59. The Bertz CT molecular complexity index is 701. The highest BCUT2D eigenvalue weighted by Gasteiger charge is 2.39. The summed E-state index contributed by atoms with van der Waals surface area (Å²) in [5.74, 6) is 0.107. The second-order valence-electron chi connectivity index (χ2n) is 4.55. The van der Waals surface area contributed by atoms with Gasteiger partial charge in [-0.3, -0.25) is 4.57 Å². The zero-order chi connectivity index (χ0) is 14.4. The first kappa shape index (κ1) is 13.4. The van der Waals surface area contributed by atoms with E-state index in [4.69, 9.17) is 22.7 Å². The van der Waals surface area contributed by atoms with Gasteiger partial charge in [0, 0.05) is 0 Å². The molecular formula is C10H13N5O4S. The van der Waals surface area contributed by atoms with Gasteiger partial charge in [0.25, 0.3) is 0 Å². The molecule has 1 aliphatic rings. The standard InChI is InChI=1S/C10H13N5O4S/c11-10-13-7-4(8(20)14-10)12-2-15(7)9-6(18)5(17)3(16)1-19-9/h2-3,5-6,9,16-18H,1H2,(H3,11,13,14,20). The lowest BCUT2D eigenvalue weighted by Crippen LogP contribution is -2.50. The average Bonchev–Trinajstić information content (AvgIpc) is 2.80. The number of nitrogens with two attached hydrogens (primary N) is 1. The Morgan fingerprint density at radius 2 is 2.15 bits per heavy atom. The van der Waals surface area contributed by atoms with Crippen LogP contribution in [-0.4, -0.2) is 59.8 Å². The molecule has 108 valence electrons. The maximum absolute atomic E-state index is 10.0. The Balaban J connectivity index is 2.09. The van der Waals surface area contributed by atoms with Crippen molar-refractivity contribution in [2.24, 2.45) is 0 Å². The van der Waals surface area contributed by atoms with E-state index >= 15 is 0 Å². The predicted molar refractivity (Wildman–Crippen MR) is 70.1 cm³/mol. The number of ether oxygens (including phenoxy) is 1. The minimum Gasteiger partial charge on any atom is -0.388 e. The number of hydrogen-bond donors (Lipinski definition) is 5. The molecule has 0 radical (unpaired) electrons. The number of aromatic nitrogens is 4. The van der Waals surface area contributed by atoms with Crippen LogP contribution in [0.15, 0.2) is 6.33 Å². The number of nitrogen functional groups attached to an aromatic ring is 1. The van der Waals surface area contributed by atoms with Crippen LogP contribution in [0.1, 0.15) is 6.23 Å². The summed E-state index contributed by atoms with van der Waals surface area (Å²) in [6.45, 7) is -0.107. The molecule has 0 aliphatic carbocycles. The highest BCUT2D eigenvalue weighted by Crippen LogP contribution is 2.27. The van der Waals surface area contributed by atoms with Crippen LogP contribution in [0.5, 0.6) is 0 Å². The third-order valence-corrected chi connectivity index (χ3v) is 3.50. The molecule has 0 spiro atoms. The van der Waals surface area contributed by atoms with Crippen molar-refractivity contribution in [3.8, 4) is 0 Å². The van der Waals surface area contributed by atoms with Crippen LogP contribution in [0.4, 0.5) is 5.95 Å². The van der Waals surface area contributed by atoms with Gasteiger partial charge in [0.15, 0.2) is 16.8 Å². The van der Waals surface area contributed by atoms with Crippen LogP contribution in [-0.2, 0) is 4.74 Å². The summed E-state index contributed by atoms with van der Waals surface area (Å²) in [6.07, 6.45) is -3.27. The molecule has 10 heteroatoms. The Morgan fingerprint density at radius 3 is 2.90 bits per heavy atom. The van der Waals surface area contributed by atoms with Crippen molar-refractivity contribution in [2.45, 2.75) is 24.5 Å². The van der Waals surface area contributed by atoms with Crippen LogP contribution in [0.2, 0.25) is 0 Å². The van der Waals surface area contributed by atoms with E-state index in [1.54, 1.807) is 0 Å². The van der Waals surface area contributed by atoms with Crippen LogP contribution in [0.25, 0.3) is 11.2 Å². The van der Waals surface area contributed by atoms with E-state index < -0.39 is 24.5 Å². The molecule has 0 saturated carbocycles. The van der Waals surface area contributed by atoms with Crippen molar-refractivity contribution in [1.82, 2.24) is 19.5 Å². The van der Waals surface area contributed by atoms with E-state index in [-0.39, 0.29) is 17.2 Å². The predicted octanol–water partition coefficient (Wildman–Crippen LogP) is -1.32. The van der Waals surface area contributed by atoms with Gasteiger partial charge in [0.2, 0.25) is 0 Å². The molecule has 3 heterocycles. The number of aliphatic hydroxyl groups excluding tert-OH is 3. The SMILES string of the molecule is Nc1nc(=S)c2ncn(C3OCC(O)C(O)C3O)c2[nH]1. The third-order valence-electron chi connectivity index (χ3n) is 3.21. The molecule has 2 aromatic heterocycles. The lowest BCUT2D eigenvalue weighted by Gasteiger charge is -2.35. The van der Waals surface area contributed by atoms with Gasteiger partial charge in [-0.1, -0.05) is 12.2 Å². The van der Waals surface area contributed by atoms with Gasteiger partial charge in [-0.25, -0.2) is 9.97 Å². The van der Waals surface area contributed by atoms with Gasteiger partial charge in [0.1, 0.15) is 29.5 Å². The van der Waals surface area contributed by atoms with Crippen LogP contribution >= 0.6 is 12.2 Å². The lowest BCUT2D eigenvalue weighted by atomic mass is 10.0. The molecule has 4 unspecified atom stereocenters. The Labute approximate surface area is 117 Å². The fourth-order valence-electron chi connectivity index (χ4n) is 2.18. The van der Waals surface area contributed by atoms with Crippen molar-refractivity contribution in [1.29, 1.82) is 0 Å². The monoisotopic (exact) mass is 299 g/mol. The van der Waals surface area contributed by atoms with Gasteiger partial charge >= 0.3 is 0 Å². The van der Waals surface area contributed by atoms with Gasteiger partial charge in [0.05, 0.1) is 12.9 Å². The summed E-state index contributed by atoms with van der Waals surface area (Å²) in [4.78, 5) is 10.8. The maximum atomic E-state index is 10.0. The van der Waals surface area contributed by atoms with E-state index in [9.17, 15) is 15.3 Å². The third kappa shape index (κ3) is 1.98. The van der Waals surface area contributed by atoms with Crippen LogP contribution in [0, 0.1) is 4.64 Å². The molecule has 3 rings (SSSR count). The average molecular weight is 299 g/mol. The first-order valence-corrected chi connectivity index (χ1v) is 6.28. The smallest absolute Gasteiger partial charge is 0.200 e. The molecule has 0 bridgehead atoms. The summed E-state index contributed by atoms with van der Waals surface area (Å²) in [5.41, 5.74) is 6.43. The molecule has 4 atom stereocenters. The summed E-state index contributed by atoms with van der Waals surface area (Å²) < 4.78 is 7.04. The number of aromatic amines is 1. The molecule has 6 N–H and O–H groups in total. The summed E-state index contributed by atoms with van der Waals surface area (Å²) in [6, 6.07) is 0. The molecule has 2 aromatic rings. The molecule has 20 heavy (non-hydrogen) atoms. The summed E-state index contributed by atoms with van der Waals surface area (Å²) in [5, 5.41) is 29.2. The van der Waals surface area contributed by atoms with Crippen molar-refractivity contribution < 1.29 is 20.1 Å². The van der Waals surface area contributed by atoms with Gasteiger partial charge in [-0.2, -0.15) is 0 Å². The zero-order valence-electron chi connectivity index (χ0n) is 10.2.